The summed E-state index contributed by atoms with van der Waals surface area (Å²) in [5.41, 5.74) is 3.95. The molecule has 1 amide bonds. The molecule has 0 aliphatic carbocycles. The predicted molar refractivity (Wildman–Crippen MR) is 74.2 cm³/mol. The number of nitrogens with one attached hydrogen (secondary N) is 1. The molecule has 0 rings (SSSR count). The van der Waals surface area contributed by atoms with Crippen LogP contribution in [0.5, 0.6) is 0 Å². The van der Waals surface area contributed by atoms with Crippen LogP contribution in [-0.2, 0) is 37.4 Å². The molecule has 0 atom stereocenters. The van der Waals surface area contributed by atoms with Crippen molar-refractivity contribution in [3.05, 3.63) is 6.92 Å². The minimum atomic E-state index is -0.484. The van der Waals surface area contributed by atoms with Crippen molar-refractivity contribution in [3.63, 3.8) is 0 Å². The van der Waals surface area contributed by atoms with Crippen molar-refractivity contribution < 1.29 is 47.3 Å². The Hall–Kier alpha value is 0.294. The van der Waals surface area contributed by atoms with E-state index in [-0.39, 0.29) is 39.3 Å². The summed E-state index contributed by atoms with van der Waals surface area (Å²) in [4.78, 5) is 11.1. The van der Waals surface area contributed by atoms with E-state index in [9.17, 15) is 4.79 Å². The van der Waals surface area contributed by atoms with Crippen molar-refractivity contribution >= 4 is 6.09 Å². The van der Waals surface area contributed by atoms with E-state index < -0.39 is 22.8 Å². The molecule has 0 aromatic rings. The average Bonchev–Trinajstić information content (AvgIpc) is 1.95. The molecule has 0 unspecified atom stereocenters. The van der Waals surface area contributed by atoms with Gasteiger partial charge in [-0.15, -0.1) is 0 Å². The van der Waals surface area contributed by atoms with Crippen LogP contribution in [0.2, 0.25) is 0 Å². The number of hydrogen-bond donors (Lipinski definition) is 3. The molecule has 4 N–H and O–H groups in total. The summed E-state index contributed by atoms with van der Waals surface area (Å²) in [6, 6.07) is 0. The second-order valence-electron chi connectivity index (χ2n) is 6.66. The van der Waals surface area contributed by atoms with Gasteiger partial charge in [0, 0.05) is 38.2 Å². The van der Waals surface area contributed by atoms with Crippen LogP contribution in [0.3, 0.4) is 0 Å². The molecule has 0 aromatic heterocycles. The van der Waals surface area contributed by atoms with Gasteiger partial charge in [-0.3, -0.25) is 0 Å². The second-order valence-corrected chi connectivity index (χ2v) is 6.66. The smallest absolute Gasteiger partial charge is 0.405 e. The molecule has 0 aromatic carbocycles. The fourth-order valence-electron chi connectivity index (χ4n) is 0.580. The molecule has 113 valence electrons. The zero-order valence-electron chi connectivity index (χ0n) is 13.3. The number of amides is 1. The van der Waals surface area contributed by atoms with Gasteiger partial charge in [0.25, 0.3) is 0 Å². The number of rotatable bonds is 2. The van der Waals surface area contributed by atoms with Crippen molar-refractivity contribution in [1.82, 2.24) is 5.32 Å². The van der Waals surface area contributed by atoms with E-state index in [4.69, 9.17) is 15.6 Å². The van der Waals surface area contributed by atoms with Crippen LogP contribution in [0.4, 0.5) is 4.79 Å². The van der Waals surface area contributed by atoms with Gasteiger partial charge in [0.1, 0.15) is 5.60 Å². The first-order valence-electron chi connectivity index (χ1n) is 5.92. The minimum absolute atomic E-state index is 0. The molecular formula is C13H29N2O3Y-. The third-order valence-corrected chi connectivity index (χ3v) is 1.25. The first-order valence-corrected chi connectivity index (χ1v) is 5.92. The van der Waals surface area contributed by atoms with Crippen LogP contribution < -0.4 is 11.1 Å². The topological polar surface area (TPSA) is 84.6 Å². The zero-order valence-corrected chi connectivity index (χ0v) is 16.2. The number of hydrogen-bond acceptors (Lipinski definition) is 4. The SMILES string of the molecule is CC(C)(N)CO.[CH2-]C(C)(C)NC(=O)OC(C)(C)C.[Y]. The van der Waals surface area contributed by atoms with Gasteiger partial charge in [0.15, 0.2) is 0 Å². The Morgan fingerprint density at radius 2 is 1.53 bits per heavy atom. The second kappa shape index (κ2) is 9.27. The minimum Gasteiger partial charge on any atom is -0.444 e. The number of aliphatic hydroxyl groups excluding tert-OH is 1. The fraction of sp³-hybridized carbons (Fsp3) is 0.846. The molecule has 6 heteroatoms. The molecular weight excluding hydrogens is 321 g/mol. The maximum Gasteiger partial charge on any atom is 0.405 e. The van der Waals surface area contributed by atoms with Crippen LogP contribution >= 0.6 is 0 Å². The van der Waals surface area contributed by atoms with Gasteiger partial charge >= 0.3 is 6.09 Å². The Morgan fingerprint density at radius 3 is 1.68 bits per heavy atom. The average molecular weight is 350 g/mol. The maximum atomic E-state index is 11.1. The Bertz CT molecular complexity index is 232. The summed E-state index contributed by atoms with van der Waals surface area (Å²) in [6.45, 7) is 16.4. The number of nitrogens with two attached hydrogens (primary N) is 1. The van der Waals surface area contributed by atoms with Gasteiger partial charge in [0.05, 0.1) is 6.61 Å². The molecule has 0 saturated carbocycles. The van der Waals surface area contributed by atoms with Crippen LogP contribution in [0.25, 0.3) is 0 Å². The first kappa shape index (κ1) is 24.3. The monoisotopic (exact) mass is 350 g/mol. The normalized spacial score (nSPS) is 11.7. The van der Waals surface area contributed by atoms with Crippen LogP contribution in [0, 0.1) is 6.92 Å². The summed E-state index contributed by atoms with van der Waals surface area (Å²) in [5, 5.41) is 10.9. The fourth-order valence-corrected chi connectivity index (χ4v) is 0.580. The van der Waals surface area contributed by atoms with Crippen LogP contribution in [-0.4, -0.2) is 34.5 Å². The summed E-state index contributed by atoms with van der Waals surface area (Å²) >= 11 is 0. The van der Waals surface area contributed by atoms with Gasteiger partial charge in [-0.2, -0.15) is 0 Å². The third-order valence-electron chi connectivity index (χ3n) is 1.25. The van der Waals surface area contributed by atoms with E-state index in [0.717, 1.165) is 0 Å². The first-order chi connectivity index (χ1) is 7.66. The number of carbonyl (C=O) groups excluding carboxylic acids is 1. The van der Waals surface area contributed by atoms with Gasteiger partial charge in [0.2, 0.25) is 0 Å². The van der Waals surface area contributed by atoms with Crippen LogP contribution in [0.1, 0.15) is 48.5 Å². The molecule has 0 saturated heterocycles. The van der Waals surface area contributed by atoms with Gasteiger partial charge in [-0.1, -0.05) is 19.4 Å². The van der Waals surface area contributed by atoms with Gasteiger partial charge in [-0.25, -0.2) is 4.79 Å². The molecule has 0 bridgehead atoms. The molecule has 0 heterocycles. The largest absolute Gasteiger partial charge is 0.444 e. The van der Waals surface area contributed by atoms with Crippen molar-refractivity contribution in [2.75, 3.05) is 6.61 Å². The number of ether oxygens (including phenoxy) is 1. The Morgan fingerprint density at radius 1 is 1.21 bits per heavy atom. The van der Waals surface area contributed by atoms with E-state index in [2.05, 4.69) is 12.2 Å². The number of aliphatic hydroxyl groups is 1. The van der Waals surface area contributed by atoms with E-state index in [0.29, 0.717) is 0 Å². The number of carbonyl (C=O) groups is 1. The molecule has 0 aliphatic rings. The van der Waals surface area contributed by atoms with Crippen LogP contribution in [0.15, 0.2) is 0 Å². The molecule has 1 radical (unpaired) electrons. The van der Waals surface area contributed by atoms with E-state index in [1.165, 1.54) is 0 Å². The van der Waals surface area contributed by atoms with Crippen molar-refractivity contribution in [2.24, 2.45) is 5.73 Å². The summed E-state index contributed by atoms with van der Waals surface area (Å²) in [5.74, 6) is 0. The van der Waals surface area contributed by atoms with E-state index in [1.807, 2.05) is 20.8 Å². The molecule has 5 nitrogen and oxygen atoms in total. The quantitative estimate of drug-likeness (QED) is 0.664. The summed E-state index contributed by atoms with van der Waals surface area (Å²) in [6.07, 6.45) is -0.428. The Balaban J connectivity index is -0.000000313. The van der Waals surface area contributed by atoms with Crippen molar-refractivity contribution in [3.8, 4) is 0 Å². The predicted octanol–water partition coefficient (Wildman–Crippen LogP) is 1.84. The summed E-state index contributed by atoms with van der Waals surface area (Å²) in [7, 11) is 0. The molecule has 0 aliphatic heterocycles. The Labute approximate surface area is 142 Å². The van der Waals surface area contributed by atoms with E-state index >= 15 is 0 Å². The molecule has 0 fully saturated rings. The van der Waals surface area contributed by atoms with Gasteiger partial charge in [-0.05, 0) is 34.6 Å². The van der Waals surface area contributed by atoms with Gasteiger partial charge < -0.3 is 27.8 Å². The van der Waals surface area contributed by atoms with Crippen molar-refractivity contribution in [1.29, 1.82) is 0 Å². The third kappa shape index (κ3) is 27.5. The zero-order chi connectivity index (χ0) is 15.2. The Kier molecular flexibility index (Phi) is 11.9. The maximum absolute atomic E-state index is 11.1. The molecule has 0 spiro atoms. The summed E-state index contributed by atoms with van der Waals surface area (Å²) < 4.78 is 5.02. The van der Waals surface area contributed by atoms with E-state index in [1.54, 1.807) is 27.7 Å². The standard InChI is InChI=1S/C9H18NO2.C4H11NO.Y/c1-8(2,3)10-7(11)12-9(4,5)6;1-4(2,5)3-6;/h1H2,2-6H3,(H,10,11);6H,3,5H2,1-2H3;/q-1;;. The van der Waals surface area contributed by atoms with Crippen molar-refractivity contribution in [2.45, 2.75) is 65.1 Å². The number of alkyl carbamates (subject to hydrolysis) is 1. The molecule has 19 heavy (non-hydrogen) atoms.